The minimum absolute atomic E-state index is 0.202. The Morgan fingerprint density at radius 2 is 1.96 bits per heavy atom. The lowest BCUT2D eigenvalue weighted by molar-refractivity contribution is -0.118. The molecule has 0 aliphatic carbocycles. The third kappa shape index (κ3) is 5.87. The van der Waals surface area contributed by atoms with Crippen LogP contribution in [0.5, 0.6) is 0 Å². The second-order valence-electron chi connectivity index (χ2n) is 6.87. The van der Waals surface area contributed by atoms with E-state index in [9.17, 15) is 14.7 Å². The first-order chi connectivity index (χ1) is 12.2. The average molecular weight is 367 g/mol. The zero-order chi connectivity index (χ0) is 19.3. The molecule has 1 aromatic rings. The maximum atomic E-state index is 11.7. The molecular formula is C17H25N3O6. The second-order valence-corrected chi connectivity index (χ2v) is 6.87. The molecule has 26 heavy (non-hydrogen) atoms. The highest BCUT2D eigenvalue weighted by Gasteiger charge is 2.32. The van der Waals surface area contributed by atoms with Crippen molar-refractivity contribution in [2.75, 3.05) is 29.9 Å². The monoisotopic (exact) mass is 367 g/mol. The van der Waals surface area contributed by atoms with E-state index < -0.39 is 36.7 Å². The standard InChI is InChI=1S/C17H25N3O6/c1-17(2,3)26-15(23)18-8-13-9-20(16(24)25-13)12-6-4-11(5-7-12)19-14(22)10-21/h4-7,13,16,21,24H,8-10H2,1-3H3,(H,18,23)(H,19,22)/t13-,16?/m0/s1. The SMILES string of the molecule is CC(C)(C)OC(=O)NC[C@H]1CN(c2ccc(NC(=O)CO)cc2)C(O)O1. The summed E-state index contributed by atoms with van der Waals surface area (Å²) in [5.41, 5.74) is 0.643. The molecule has 1 aromatic carbocycles. The summed E-state index contributed by atoms with van der Waals surface area (Å²) < 4.78 is 10.6. The molecule has 0 aromatic heterocycles. The van der Waals surface area contributed by atoms with Gasteiger partial charge in [0.2, 0.25) is 12.3 Å². The molecule has 1 fully saturated rings. The Hall–Kier alpha value is -2.36. The van der Waals surface area contributed by atoms with Crippen molar-refractivity contribution in [1.29, 1.82) is 0 Å². The molecule has 0 spiro atoms. The first-order valence-electron chi connectivity index (χ1n) is 8.26. The van der Waals surface area contributed by atoms with Gasteiger partial charge < -0.3 is 35.2 Å². The van der Waals surface area contributed by atoms with Gasteiger partial charge in [-0.1, -0.05) is 0 Å². The molecule has 9 nitrogen and oxygen atoms in total. The van der Waals surface area contributed by atoms with Gasteiger partial charge in [0.15, 0.2) is 0 Å². The van der Waals surface area contributed by atoms with Gasteiger partial charge in [0.05, 0.1) is 12.6 Å². The number of nitrogens with zero attached hydrogens (tertiary/aromatic N) is 1. The topological polar surface area (TPSA) is 120 Å². The van der Waals surface area contributed by atoms with Crippen LogP contribution in [0.2, 0.25) is 0 Å². The Morgan fingerprint density at radius 3 is 2.54 bits per heavy atom. The zero-order valence-electron chi connectivity index (χ0n) is 15.1. The Bertz CT molecular complexity index is 628. The highest BCUT2D eigenvalue weighted by molar-refractivity contribution is 5.91. The molecule has 1 saturated heterocycles. The molecule has 1 unspecified atom stereocenters. The zero-order valence-corrected chi connectivity index (χ0v) is 15.1. The van der Waals surface area contributed by atoms with Crippen LogP contribution in [-0.2, 0) is 14.3 Å². The van der Waals surface area contributed by atoms with Gasteiger partial charge in [0.25, 0.3) is 0 Å². The van der Waals surface area contributed by atoms with Gasteiger partial charge >= 0.3 is 6.09 Å². The summed E-state index contributed by atoms with van der Waals surface area (Å²) >= 11 is 0. The smallest absolute Gasteiger partial charge is 0.407 e. The lowest BCUT2D eigenvalue weighted by Crippen LogP contribution is -2.38. The Kier molecular flexibility index (Phi) is 6.41. The molecule has 2 amide bonds. The third-order valence-electron chi connectivity index (χ3n) is 3.48. The van der Waals surface area contributed by atoms with Crippen molar-refractivity contribution in [3.63, 3.8) is 0 Å². The van der Waals surface area contributed by atoms with Gasteiger partial charge in [-0.15, -0.1) is 0 Å². The molecule has 1 aliphatic rings. The van der Waals surface area contributed by atoms with Crippen LogP contribution < -0.4 is 15.5 Å². The highest BCUT2D eigenvalue weighted by atomic mass is 16.6. The van der Waals surface area contributed by atoms with Crippen molar-refractivity contribution in [1.82, 2.24) is 5.32 Å². The molecule has 9 heteroatoms. The number of aliphatic hydroxyl groups excluding tert-OH is 2. The average Bonchev–Trinajstić information content (AvgIpc) is 2.93. The van der Waals surface area contributed by atoms with Crippen molar-refractivity contribution in [2.45, 2.75) is 38.9 Å². The number of ether oxygens (including phenoxy) is 2. The number of aliphatic hydroxyl groups is 2. The first-order valence-corrected chi connectivity index (χ1v) is 8.26. The van der Waals surface area contributed by atoms with E-state index in [0.29, 0.717) is 17.9 Å². The van der Waals surface area contributed by atoms with Crippen LogP contribution in [0.25, 0.3) is 0 Å². The van der Waals surface area contributed by atoms with Crippen LogP contribution in [0.15, 0.2) is 24.3 Å². The highest BCUT2D eigenvalue weighted by Crippen LogP contribution is 2.25. The number of benzene rings is 1. The van der Waals surface area contributed by atoms with Gasteiger partial charge in [-0.25, -0.2) is 4.79 Å². The van der Waals surface area contributed by atoms with E-state index in [1.54, 1.807) is 49.9 Å². The van der Waals surface area contributed by atoms with Gasteiger partial charge in [-0.3, -0.25) is 4.79 Å². The minimum atomic E-state index is -1.14. The fourth-order valence-corrected chi connectivity index (χ4v) is 2.39. The minimum Gasteiger partial charge on any atom is -0.444 e. The lowest BCUT2D eigenvalue weighted by atomic mass is 10.2. The molecule has 0 radical (unpaired) electrons. The van der Waals surface area contributed by atoms with Gasteiger partial charge in [0, 0.05) is 17.9 Å². The maximum absolute atomic E-state index is 11.7. The second kappa shape index (κ2) is 8.35. The summed E-state index contributed by atoms with van der Waals surface area (Å²) in [4.78, 5) is 24.5. The van der Waals surface area contributed by atoms with Crippen LogP contribution in [0.3, 0.4) is 0 Å². The molecule has 2 rings (SSSR count). The number of rotatable bonds is 5. The Labute approximate surface area is 151 Å². The van der Waals surface area contributed by atoms with Crippen molar-refractivity contribution in [2.24, 2.45) is 0 Å². The van der Waals surface area contributed by atoms with Gasteiger partial charge in [-0.2, -0.15) is 0 Å². The molecular weight excluding hydrogens is 342 g/mol. The molecule has 2 atom stereocenters. The van der Waals surface area contributed by atoms with Crippen LogP contribution in [0.4, 0.5) is 16.2 Å². The Morgan fingerprint density at radius 1 is 1.31 bits per heavy atom. The van der Waals surface area contributed by atoms with E-state index in [1.807, 2.05) is 0 Å². The fourth-order valence-electron chi connectivity index (χ4n) is 2.39. The summed E-state index contributed by atoms with van der Waals surface area (Å²) in [6.07, 6.45) is -2.08. The molecule has 0 saturated carbocycles. The van der Waals surface area contributed by atoms with E-state index in [4.69, 9.17) is 14.6 Å². The normalized spacial score (nSPS) is 20.0. The van der Waals surface area contributed by atoms with Gasteiger partial charge in [-0.05, 0) is 45.0 Å². The summed E-state index contributed by atoms with van der Waals surface area (Å²) in [7, 11) is 0. The number of nitrogens with one attached hydrogen (secondary N) is 2. The summed E-state index contributed by atoms with van der Waals surface area (Å²) in [6.45, 7) is 5.31. The number of alkyl carbamates (subject to hydrolysis) is 1. The number of carbonyl (C=O) groups is 2. The molecule has 144 valence electrons. The van der Waals surface area contributed by atoms with Crippen LogP contribution in [0.1, 0.15) is 20.8 Å². The van der Waals surface area contributed by atoms with E-state index in [-0.39, 0.29) is 6.54 Å². The number of anilines is 2. The van der Waals surface area contributed by atoms with Crippen molar-refractivity contribution < 1.29 is 29.3 Å². The van der Waals surface area contributed by atoms with Crippen LogP contribution in [0, 0.1) is 0 Å². The van der Waals surface area contributed by atoms with Gasteiger partial charge in [0.1, 0.15) is 12.2 Å². The van der Waals surface area contributed by atoms with E-state index >= 15 is 0 Å². The molecule has 0 bridgehead atoms. The molecule has 1 aliphatic heterocycles. The number of hydrogen-bond acceptors (Lipinski definition) is 7. The summed E-state index contributed by atoms with van der Waals surface area (Å²) in [6, 6.07) is 6.73. The molecule has 1 heterocycles. The predicted octanol–water partition coefficient (Wildman–Crippen LogP) is 0.623. The number of hydrogen-bond donors (Lipinski definition) is 4. The van der Waals surface area contributed by atoms with Crippen LogP contribution in [-0.4, -0.2) is 60.0 Å². The fraction of sp³-hybridized carbons (Fsp3) is 0.529. The number of carbonyl (C=O) groups excluding carboxylic acids is 2. The first kappa shape index (κ1) is 20.0. The van der Waals surface area contributed by atoms with E-state index in [0.717, 1.165) is 0 Å². The number of amides is 2. The summed E-state index contributed by atoms with van der Waals surface area (Å²) in [5.74, 6) is -0.504. The Balaban J connectivity index is 1.88. The van der Waals surface area contributed by atoms with Crippen molar-refractivity contribution in [3.05, 3.63) is 24.3 Å². The molecule has 4 N–H and O–H groups in total. The van der Waals surface area contributed by atoms with E-state index in [2.05, 4.69) is 10.6 Å². The van der Waals surface area contributed by atoms with Crippen molar-refractivity contribution in [3.8, 4) is 0 Å². The predicted molar refractivity (Wildman–Crippen MR) is 94.6 cm³/mol. The van der Waals surface area contributed by atoms with Crippen LogP contribution >= 0.6 is 0 Å². The largest absolute Gasteiger partial charge is 0.444 e. The van der Waals surface area contributed by atoms with E-state index in [1.165, 1.54) is 0 Å². The third-order valence-corrected chi connectivity index (χ3v) is 3.48. The maximum Gasteiger partial charge on any atom is 0.407 e. The quantitative estimate of drug-likeness (QED) is 0.602. The summed E-state index contributed by atoms with van der Waals surface area (Å²) in [5, 5.41) is 23.9. The lowest BCUT2D eigenvalue weighted by Gasteiger charge is -2.21. The van der Waals surface area contributed by atoms with Crippen molar-refractivity contribution >= 4 is 23.4 Å².